The van der Waals surface area contributed by atoms with E-state index < -0.39 is 0 Å². The maximum absolute atomic E-state index is 12.1. The molecule has 0 aliphatic carbocycles. The van der Waals surface area contributed by atoms with Crippen molar-refractivity contribution in [2.75, 3.05) is 18.9 Å². The summed E-state index contributed by atoms with van der Waals surface area (Å²) in [6, 6.07) is 8.21. The van der Waals surface area contributed by atoms with Crippen LogP contribution in [0.2, 0.25) is 0 Å². The third kappa shape index (κ3) is 4.18. The SMILES string of the molecule is Cc1ccc(C)c(NC(=O)C[NH+](C)Cc2ccsc2)c1. The monoisotopic (exact) mass is 289 g/mol. The van der Waals surface area contributed by atoms with Crippen molar-refractivity contribution >= 4 is 22.9 Å². The van der Waals surface area contributed by atoms with Crippen LogP contribution in [0.25, 0.3) is 0 Å². The minimum Gasteiger partial charge on any atom is -0.326 e. The van der Waals surface area contributed by atoms with Gasteiger partial charge in [0.1, 0.15) is 6.54 Å². The summed E-state index contributed by atoms with van der Waals surface area (Å²) < 4.78 is 0. The molecule has 1 atom stereocenters. The van der Waals surface area contributed by atoms with Gasteiger partial charge in [-0.25, -0.2) is 0 Å². The Hall–Kier alpha value is -1.65. The lowest BCUT2D eigenvalue weighted by atomic mass is 10.1. The molecule has 2 aromatic rings. The van der Waals surface area contributed by atoms with E-state index in [0.717, 1.165) is 23.4 Å². The highest BCUT2D eigenvalue weighted by molar-refractivity contribution is 7.07. The molecule has 20 heavy (non-hydrogen) atoms. The predicted molar refractivity (Wildman–Crippen MR) is 84.3 cm³/mol. The molecule has 1 amide bonds. The number of likely N-dealkylation sites (N-methyl/N-ethyl adjacent to an activating group) is 1. The zero-order valence-electron chi connectivity index (χ0n) is 12.2. The highest BCUT2D eigenvalue weighted by Gasteiger charge is 2.12. The molecule has 0 bridgehead atoms. The molecule has 106 valence electrons. The molecule has 0 radical (unpaired) electrons. The van der Waals surface area contributed by atoms with Gasteiger partial charge in [0.25, 0.3) is 5.91 Å². The first kappa shape index (κ1) is 14.8. The van der Waals surface area contributed by atoms with Crippen molar-refractivity contribution in [2.24, 2.45) is 0 Å². The molecule has 1 aromatic heterocycles. The minimum absolute atomic E-state index is 0.0615. The molecule has 0 fully saturated rings. The van der Waals surface area contributed by atoms with Crippen LogP contribution >= 0.6 is 11.3 Å². The molecule has 1 aromatic carbocycles. The fourth-order valence-electron chi connectivity index (χ4n) is 2.14. The van der Waals surface area contributed by atoms with Gasteiger partial charge in [0, 0.05) is 11.3 Å². The number of thiophene rings is 1. The van der Waals surface area contributed by atoms with Crippen LogP contribution in [-0.2, 0) is 11.3 Å². The van der Waals surface area contributed by atoms with Gasteiger partial charge in [-0.1, -0.05) is 12.1 Å². The normalized spacial score (nSPS) is 12.2. The second kappa shape index (κ2) is 6.68. The average Bonchev–Trinajstić information content (AvgIpc) is 2.86. The molecular formula is C16H21N2OS+. The van der Waals surface area contributed by atoms with Gasteiger partial charge < -0.3 is 10.2 Å². The van der Waals surface area contributed by atoms with Crippen molar-refractivity contribution in [3.05, 3.63) is 51.7 Å². The summed E-state index contributed by atoms with van der Waals surface area (Å²) in [5.74, 6) is 0.0615. The summed E-state index contributed by atoms with van der Waals surface area (Å²) in [7, 11) is 2.04. The number of amides is 1. The Labute approximate surface area is 124 Å². The Morgan fingerprint density at radius 1 is 1.30 bits per heavy atom. The lowest BCUT2D eigenvalue weighted by molar-refractivity contribution is -0.885. The van der Waals surface area contributed by atoms with Crippen LogP contribution in [0, 0.1) is 13.8 Å². The first-order valence-corrected chi connectivity index (χ1v) is 7.68. The zero-order valence-corrected chi connectivity index (χ0v) is 13.0. The Morgan fingerprint density at radius 2 is 2.10 bits per heavy atom. The number of benzene rings is 1. The zero-order chi connectivity index (χ0) is 14.5. The maximum Gasteiger partial charge on any atom is 0.279 e. The number of hydrogen-bond acceptors (Lipinski definition) is 2. The van der Waals surface area contributed by atoms with E-state index in [0.29, 0.717) is 6.54 Å². The number of nitrogens with one attached hydrogen (secondary N) is 2. The Kier molecular flexibility index (Phi) is 4.93. The molecular weight excluding hydrogens is 268 g/mol. The third-order valence-electron chi connectivity index (χ3n) is 3.22. The van der Waals surface area contributed by atoms with Crippen LogP contribution in [-0.4, -0.2) is 19.5 Å². The van der Waals surface area contributed by atoms with Crippen LogP contribution in [0.3, 0.4) is 0 Å². The van der Waals surface area contributed by atoms with E-state index in [1.165, 1.54) is 10.5 Å². The molecule has 1 unspecified atom stereocenters. The van der Waals surface area contributed by atoms with Gasteiger partial charge in [-0.2, -0.15) is 11.3 Å². The number of anilines is 1. The molecule has 0 spiro atoms. The van der Waals surface area contributed by atoms with Crippen molar-refractivity contribution in [1.29, 1.82) is 0 Å². The highest BCUT2D eigenvalue weighted by Crippen LogP contribution is 2.15. The van der Waals surface area contributed by atoms with E-state index in [9.17, 15) is 4.79 Å². The summed E-state index contributed by atoms with van der Waals surface area (Å²) in [6.45, 7) is 5.40. The van der Waals surface area contributed by atoms with Gasteiger partial charge in [-0.05, 0) is 47.9 Å². The van der Waals surface area contributed by atoms with Crippen LogP contribution in [0.1, 0.15) is 16.7 Å². The lowest BCUT2D eigenvalue weighted by Gasteiger charge is -2.14. The van der Waals surface area contributed by atoms with Gasteiger partial charge in [0.2, 0.25) is 0 Å². The largest absolute Gasteiger partial charge is 0.326 e. The van der Waals surface area contributed by atoms with E-state index in [1.807, 2.05) is 33.0 Å². The number of hydrogen-bond donors (Lipinski definition) is 2. The number of quaternary nitrogens is 1. The molecule has 0 aliphatic heterocycles. The molecule has 0 saturated heterocycles. The Bertz CT molecular complexity index is 578. The first-order valence-electron chi connectivity index (χ1n) is 6.74. The predicted octanol–water partition coefficient (Wildman–Crippen LogP) is 2.02. The lowest BCUT2D eigenvalue weighted by Crippen LogP contribution is -3.08. The number of carbonyl (C=O) groups excluding carboxylic acids is 1. The van der Waals surface area contributed by atoms with E-state index in [2.05, 4.69) is 28.2 Å². The summed E-state index contributed by atoms with van der Waals surface area (Å²) in [5, 5.41) is 7.20. The van der Waals surface area contributed by atoms with Crippen LogP contribution in [0.4, 0.5) is 5.69 Å². The topological polar surface area (TPSA) is 33.5 Å². The Morgan fingerprint density at radius 3 is 2.80 bits per heavy atom. The molecule has 2 rings (SSSR count). The molecule has 2 N–H and O–H groups in total. The smallest absolute Gasteiger partial charge is 0.279 e. The summed E-state index contributed by atoms with van der Waals surface area (Å²) in [4.78, 5) is 13.3. The molecule has 0 saturated carbocycles. The third-order valence-corrected chi connectivity index (χ3v) is 3.95. The fourth-order valence-corrected chi connectivity index (χ4v) is 2.81. The molecule has 1 heterocycles. The van der Waals surface area contributed by atoms with Crippen molar-refractivity contribution in [2.45, 2.75) is 20.4 Å². The van der Waals surface area contributed by atoms with Gasteiger partial charge >= 0.3 is 0 Å². The number of rotatable bonds is 5. The van der Waals surface area contributed by atoms with Crippen molar-refractivity contribution in [1.82, 2.24) is 0 Å². The van der Waals surface area contributed by atoms with E-state index in [1.54, 1.807) is 11.3 Å². The summed E-state index contributed by atoms with van der Waals surface area (Å²) >= 11 is 1.69. The highest BCUT2D eigenvalue weighted by atomic mass is 32.1. The minimum atomic E-state index is 0.0615. The van der Waals surface area contributed by atoms with Crippen molar-refractivity contribution < 1.29 is 9.69 Å². The van der Waals surface area contributed by atoms with E-state index >= 15 is 0 Å². The van der Waals surface area contributed by atoms with Gasteiger partial charge in [-0.3, -0.25) is 4.79 Å². The number of aryl methyl sites for hydroxylation is 2. The number of carbonyl (C=O) groups is 1. The molecule has 0 aliphatic rings. The molecule has 3 nitrogen and oxygen atoms in total. The second-order valence-electron chi connectivity index (χ2n) is 5.31. The van der Waals surface area contributed by atoms with Gasteiger partial charge in [0.15, 0.2) is 6.54 Å². The first-order chi connectivity index (χ1) is 9.54. The molecule has 4 heteroatoms. The maximum atomic E-state index is 12.1. The van der Waals surface area contributed by atoms with Gasteiger partial charge in [0.05, 0.1) is 7.05 Å². The van der Waals surface area contributed by atoms with Crippen LogP contribution in [0.15, 0.2) is 35.0 Å². The van der Waals surface area contributed by atoms with E-state index in [-0.39, 0.29) is 5.91 Å². The Balaban J connectivity index is 1.90. The summed E-state index contributed by atoms with van der Waals surface area (Å²) in [5.41, 5.74) is 4.45. The van der Waals surface area contributed by atoms with Crippen LogP contribution in [0.5, 0.6) is 0 Å². The van der Waals surface area contributed by atoms with E-state index in [4.69, 9.17) is 0 Å². The van der Waals surface area contributed by atoms with Crippen molar-refractivity contribution in [3.63, 3.8) is 0 Å². The van der Waals surface area contributed by atoms with Crippen molar-refractivity contribution in [3.8, 4) is 0 Å². The second-order valence-corrected chi connectivity index (χ2v) is 6.09. The average molecular weight is 289 g/mol. The van der Waals surface area contributed by atoms with Gasteiger partial charge in [-0.15, -0.1) is 0 Å². The standard InChI is InChI=1S/C16H20N2OS/c1-12-4-5-13(2)15(8-12)17-16(19)10-18(3)9-14-6-7-20-11-14/h4-8,11H,9-10H2,1-3H3,(H,17,19)/p+1. The van der Waals surface area contributed by atoms with Crippen LogP contribution < -0.4 is 10.2 Å². The summed E-state index contributed by atoms with van der Waals surface area (Å²) in [6.07, 6.45) is 0. The quantitative estimate of drug-likeness (QED) is 0.867. The fraction of sp³-hybridized carbons (Fsp3) is 0.312.